The van der Waals surface area contributed by atoms with Crippen LogP contribution in [-0.4, -0.2) is 12.9 Å². The van der Waals surface area contributed by atoms with E-state index in [1.54, 1.807) is 33.1 Å². The van der Waals surface area contributed by atoms with Crippen molar-refractivity contribution in [2.75, 3.05) is 7.11 Å². The molecule has 94 valence electrons. The molecule has 0 radical (unpaired) electrons. The SMILES string of the molecule is COc1ccc(Br)cc1C=C(C#N)C(=O)C(C)C. The van der Waals surface area contributed by atoms with Gasteiger partial charge in [0.05, 0.1) is 12.7 Å². The van der Waals surface area contributed by atoms with Gasteiger partial charge in [0.2, 0.25) is 0 Å². The number of ketones is 1. The van der Waals surface area contributed by atoms with E-state index in [2.05, 4.69) is 15.9 Å². The molecule has 0 bridgehead atoms. The number of methoxy groups -OCH3 is 1. The third-order valence-corrected chi connectivity index (χ3v) is 2.90. The van der Waals surface area contributed by atoms with Crippen LogP contribution in [0.5, 0.6) is 5.75 Å². The lowest BCUT2D eigenvalue weighted by Gasteiger charge is -2.07. The molecule has 0 aromatic heterocycles. The summed E-state index contributed by atoms with van der Waals surface area (Å²) in [6.07, 6.45) is 1.56. The number of nitrogens with zero attached hydrogens (tertiary/aromatic N) is 1. The molecule has 1 aromatic carbocycles. The van der Waals surface area contributed by atoms with Crippen molar-refractivity contribution >= 4 is 27.8 Å². The minimum atomic E-state index is -0.200. The van der Waals surface area contributed by atoms with Crippen molar-refractivity contribution in [1.29, 1.82) is 5.26 Å². The molecule has 0 fully saturated rings. The number of rotatable bonds is 4. The monoisotopic (exact) mass is 307 g/mol. The van der Waals surface area contributed by atoms with Crippen molar-refractivity contribution in [3.8, 4) is 11.8 Å². The minimum absolute atomic E-state index is 0.140. The molecule has 18 heavy (non-hydrogen) atoms. The Balaban J connectivity index is 3.25. The van der Waals surface area contributed by atoms with Crippen LogP contribution in [0, 0.1) is 17.2 Å². The molecule has 0 amide bonds. The van der Waals surface area contributed by atoms with Crippen LogP contribution in [0.4, 0.5) is 0 Å². The van der Waals surface area contributed by atoms with Crippen molar-refractivity contribution in [2.45, 2.75) is 13.8 Å². The van der Waals surface area contributed by atoms with Crippen molar-refractivity contribution in [1.82, 2.24) is 0 Å². The van der Waals surface area contributed by atoms with E-state index in [9.17, 15) is 4.79 Å². The molecular formula is C14H14BrNO2. The van der Waals surface area contributed by atoms with E-state index >= 15 is 0 Å². The van der Waals surface area contributed by atoms with Gasteiger partial charge in [0, 0.05) is 16.0 Å². The summed E-state index contributed by atoms with van der Waals surface area (Å²) in [4.78, 5) is 11.8. The van der Waals surface area contributed by atoms with E-state index in [1.807, 2.05) is 18.2 Å². The summed E-state index contributed by atoms with van der Waals surface area (Å²) in [6, 6.07) is 7.37. The molecule has 0 N–H and O–H groups in total. The van der Waals surface area contributed by atoms with Gasteiger partial charge < -0.3 is 4.74 Å². The number of hydrogen-bond acceptors (Lipinski definition) is 3. The zero-order valence-electron chi connectivity index (χ0n) is 10.5. The van der Waals surface area contributed by atoms with E-state index in [-0.39, 0.29) is 17.3 Å². The quantitative estimate of drug-likeness (QED) is 0.631. The second-order valence-electron chi connectivity index (χ2n) is 4.08. The number of hydrogen-bond donors (Lipinski definition) is 0. The van der Waals surface area contributed by atoms with Gasteiger partial charge in [-0.05, 0) is 24.3 Å². The van der Waals surface area contributed by atoms with Gasteiger partial charge in [-0.3, -0.25) is 4.79 Å². The van der Waals surface area contributed by atoms with Crippen LogP contribution in [0.15, 0.2) is 28.2 Å². The standard InChI is InChI=1S/C14H14BrNO2/c1-9(2)14(17)11(8-16)6-10-7-12(15)4-5-13(10)18-3/h4-7,9H,1-3H3. The first-order valence-corrected chi connectivity index (χ1v) is 6.28. The maximum Gasteiger partial charge on any atom is 0.175 e. The second kappa shape index (κ2) is 6.36. The largest absolute Gasteiger partial charge is 0.496 e. The molecule has 0 aliphatic carbocycles. The Morgan fingerprint density at radius 2 is 2.17 bits per heavy atom. The number of ether oxygens (including phenoxy) is 1. The molecule has 0 saturated heterocycles. The maximum absolute atomic E-state index is 11.8. The van der Waals surface area contributed by atoms with Gasteiger partial charge >= 0.3 is 0 Å². The fraction of sp³-hybridized carbons (Fsp3) is 0.286. The topological polar surface area (TPSA) is 50.1 Å². The smallest absolute Gasteiger partial charge is 0.175 e. The van der Waals surface area contributed by atoms with E-state index in [1.165, 1.54) is 0 Å². The van der Waals surface area contributed by atoms with Crippen molar-refractivity contribution in [3.63, 3.8) is 0 Å². The van der Waals surface area contributed by atoms with Crippen LogP contribution in [0.25, 0.3) is 6.08 Å². The van der Waals surface area contributed by atoms with Crippen molar-refractivity contribution < 1.29 is 9.53 Å². The Hall–Kier alpha value is -1.60. The third-order valence-electron chi connectivity index (χ3n) is 2.40. The third kappa shape index (κ3) is 3.44. The van der Waals surface area contributed by atoms with Crippen LogP contribution in [0.3, 0.4) is 0 Å². The summed E-state index contributed by atoms with van der Waals surface area (Å²) in [6.45, 7) is 3.54. The summed E-state index contributed by atoms with van der Waals surface area (Å²) >= 11 is 3.35. The van der Waals surface area contributed by atoms with Crippen molar-refractivity contribution in [3.05, 3.63) is 33.8 Å². The van der Waals surface area contributed by atoms with Gasteiger partial charge in [0.1, 0.15) is 11.8 Å². The van der Waals surface area contributed by atoms with E-state index in [0.717, 1.165) is 4.47 Å². The molecular weight excluding hydrogens is 294 g/mol. The van der Waals surface area contributed by atoms with Gasteiger partial charge in [0.15, 0.2) is 5.78 Å². The first kappa shape index (κ1) is 14.5. The molecule has 0 spiro atoms. The molecule has 1 rings (SSSR count). The second-order valence-corrected chi connectivity index (χ2v) is 4.99. The highest BCUT2D eigenvalue weighted by molar-refractivity contribution is 9.10. The van der Waals surface area contributed by atoms with Crippen molar-refractivity contribution in [2.24, 2.45) is 5.92 Å². The lowest BCUT2D eigenvalue weighted by molar-refractivity contribution is -0.117. The van der Waals surface area contributed by atoms with Gasteiger partial charge in [-0.15, -0.1) is 0 Å². The molecule has 3 nitrogen and oxygen atoms in total. The Morgan fingerprint density at radius 3 is 2.67 bits per heavy atom. The van der Waals surface area contributed by atoms with E-state index in [4.69, 9.17) is 10.00 Å². The Bertz CT molecular complexity index is 527. The highest BCUT2D eigenvalue weighted by atomic mass is 79.9. The summed E-state index contributed by atoms with van der Waals surface area (Å²) < 4.78 is 6.06. The molecule has 0 aliphatic heterocycles. The number of Topliss-reactive ketones (excluding diaryl/α,β-unsaturated/α-hetero) is 1. The zero-order chi connectivity index (χ0) is 13.7. The number of benzene rings is 1. The summed E-state index contributed by atoms with van der Waals surface area (Å²) in [5.41, 5.74) is 0.846. The van der Waals surface area contributed by atoms with Crippen LogP contribution < -0.4 is 4.74 Å². The zero-order valence-corrected chi connectivity index (χ0v) is 12.1. The van der Waals surface area contributed by atoms with E-state index < -0.39 is 0 Å². The predicted octanol–water partition coefficient (Wildman–Crippen LogP) is 3.59. The molecule has 0 unspecified atom stereocenters. The van der Waals surface area contributed by atoms with Crippen LogP contribution in [0.2, 0.25) is 0 Å². The number of carbonyl (C=O) groups is 1. The Labute approximate surface area is 115 Å². The summed E-state index contributed by atoms with van der Waals surface area (Å²) in [7, 11) is 1.55. The van der Waals surface area contributed by atoms with Crippen LogP contribution in [0.1, 0.15) is 19.4 Å². The van der Waals surface area contributed by atoms with Gasteiger partial charge in [-0.1, -0.05) is 29.8 Å². The summed E-state index contributed by atoms with van der Waals surface area (Å²) in [5.74, 6) is 0.260. The Kier molecular flexibility index (Phi) is 5.11. The normalized spacial score (nSPS) is 11.2. The molecule has 0 aliphatic rings. The first-order valence-electron chi connectivity index (χ1n) is 5.49. The molecule has 0 atom stereocenters. The molecule has 0 saturated carbocycles. The maximum atomic E-state index is 11.8. The van der Waals surface area contributed by atoms with Crippen LogP contribution >= 0.6 is 15.9 Å². The fourth-order valence-electron chi connectivity index (χ4n) is 1.44. The number of halogens is 1. The first-order chi connectivity index (χ1) is 8.49. The minimum Gasteiger partial charge on any atom is -0.496 e. The van der Waals surface area contributed by atoms with E-state index in [0.29, 0.717) is 11.3 Å². The highest BCUT2D eigenvalue weighted by Crippen LogP contribution is 2.25. The Morgan fingerprint density at radius 1 is 1.50 bits per heavy atom. The number of nitriles is 1. The molecule has 0 heterocycles. The van der Waals surface area contributed by atoms with Gasteiger partial charge in [0.25, 0.3) is 0 Å². The van der Waals surface area contributed by atoms with Crippen LogP contribution in [-0.2, 0) is 4.79 Å². The summed E-state index contributed by atoms with van der Waals surface area (Å²) in [5, 5.41) is 9.05. The average molecular weight is 308 g/mol. The lowest BCUT2D eigenvalue weighted by Crippen LogP contribution is -2.08. The van der Waals surface area contributed by atoms with Gasteiger partial charge in [-0.2, -0.15) is 5.26 Å². The number of carbonyl (C=O) groups excluding carboxylic acids is 1. The number of allylic oxidation sites excluding steroid dienone is 1. The molecule has 4 heteroatoms. The highest BCUT2D eigenvalue weighted by Gasteiger charge is 2.14. The lowest BCUT2D eigenvalue weighted by atomic mass is 10.00. The predicted molar refractivity (Wildman–Crippen MR) is 74.1 cm³/mol. The fourth-order valence-corrected chi connectivity index (χ4v) is 1.82. The average Bonchev–Trinajstić information content (AvgIpc) is 2.35. The van der Waals surface area contributed by atoms with Gasteiger partial charge in [-0.25, -0.2) is 0 Å². The molecule has 1 aromatic rings.